The molecule has 0 saturated carbocycles. The Bertz CT molecular complexity index is 286. The van der Waals surface area contributed by atoms with Gasteiger partial charge in [0.2, 0.25) is 0 Å². The van der Waals surface area contributed by atoms with Crippen LogP contribution in [0.4, 0.5) is 13.2 Å². The van der Waals surface area contributed by atoms with Crippen LogP contribution in [0, 0.1) is 6.92 Å². The van der Waals surface area contributed by atoms with E-state index in [2.05, 4.69) is 5.10 Å². The molecule has 1 heterocycles. The van der Waals surface area contributed by atoms with Crippen molar-refractivity contribution in [3.05, 3.63) is 17.5 Å². The van der Waals surface area contributed by atoms with Crippen LogP contribution in [0.15, 0.2) is 6.07 Å². The summed E-state index contributed by atoms with van der Waals surface area (Å²) in [6.45, 7) is 1.61. The van der Waals surface area contributed by atoms with Crippen LogP contribution in [0.5, 0.6) is 0 Å². The summed E-state index contributed by atoms with van der Waals surface area (Å²) in [6, 6.07) is 1.21. The van der Waals surface area contributed by atoms with E-state index in [0.717, 1.165) is 0 Å². The summed E-state index contributed by atoms with van der Waals surface area (Å²) in [5, 5.41) is 12.3. The zero-order chi connectivity index (χ0) is 10.2. The molecule has 1 N–H and O–H groups in total. The van der Waals surface area contributed by atoms with Crippen LogP contribution >= 0.6 is 0 Å². The van der Waals surface area contributed by atoms with Gasteiger partial charge in [0, 0.05) is 12.7 Å². The summed E-state index contributed by atoms with van der Waals surface area (Å²) in [6.07, 6.45) is -7.15. The first kappa shape index (κ1) is 10.0. The minimum Gasteiger partial charge on any atom is -0.378 e. The maximum absolute atomic E-state index is 12.0. The lowest BCUT2D eigenvalue weighted by Crippen LogP contribution is -2.20. The molecule has 1 unspecified atom stereocenters. The molecule has 0 aliphatic carbocycles. The Hall–Kier alpha value is -1.04. The fraction of sp³-hybridized carbons (Fsp3) is 0.571. The average Bonchev–Trinajstić information content (AvgIpc) is 2.29. The van der Waals surface area contributed by atoms with E-state index in [1.807, 2.05) is 0 Å². The number of hydrogen-bond donors (Lipinski definition) is 1. The van der Waals surface area contributed by atoms with Crippen LogP contribution in [-0.4, -0.2) is 21.1 Å². The Morgan fingerprint density at radius 1 is 1.54 bits per heavy atom. The summed E-state index contributed by atoms with van der Waals surface area (Å²) in [5.41, 5.74) is 0.200. The largest absolute Gasteiger partial charge is 0.420 e. The highest BCUT2D eigenvalue weighted by Gasteiger charge is 2.41. The first-order chi connectivity index (χ1) is 5.82. The summed E-state index contributed by atoms with van der Waals surface area (Å²) in [4.78, 5) is 0. The quantitative estimate of drug-likeness (QED) is 0.732. The smallest absolute Gasteiger partial charge is 0.378 e. The number of aliphatic hydroxyl groups excluding tert-OH is 1. The lowest BCUT2D eigenvalue weighted by atomic mass is 10.2. The Morgan fingerprint density at radius 3 is 2.38 bits per heavy atom. The molecule has 0 aliphatic heterocycles. The van der Waals surface area contributed by atoms with E-state index in [1.165, 1.54) is 17.8 Å². The molecule has 1 aromatic rings. The number of rotatable bonds is 1. The van der Waals surface area contributed by atoms with Crippen molar-refractivity contribution in [2.45, 2.75) is 19.2 Å². The molecule has 0 spiro atoms. The van der Waals surface area contributed by atoms with E-state index in [4.69, 9.17) is 5.11 Å². The van der Waals surface area contributed by atoms with Crippen LogP contribution in [0.1, 0.15) is 17.5 Å². The molecule has 1 rings (SSSR count). The second-order valence-electron chi connectivity index (χ2n) is 2.78. The van der Waals surface area contributed by atoms with Crippen molar-refractivity contribution in [3.8, 4) is 0 Å². The maximum atomic E-state index is 12.0. The summed E-state index contributed by atoms with van der Waals surface area (Å²) >= 11 is 0. The molecule has 1 atom stereocenters. The Labute approximate surface area is 72.8 Å². The number of alkyl halides is 3. The molecular formula is C7H9F3N2O. The minimum absolute atomic E-state index is 0.368. The van der Waals surface area contributed by atoms with Gasteiger partial charge in [0.15, 0.2) is 6.10 Å². The minimum atomic E-state index is -4.65. The Morgan fingerprint density at radius 2 is 2.08 bits per heavy atom. The van der Waals surface area contributed by atoms with E-state index in [0.29, 0.717) is 5.69 Å². The number of aryl methyl sites for hydroxylation is 2. The zero-order valence-corrected chi connectivity index (χ0v) is 7.13. The highest BCUT2D eigenvalue weighted by molar-refractivity contribution is 5.12. The van der Waals surface area contributed by atoms with Gasteiger partial charge in [0.25, 0.3) is 0 Å². The fourth-order valence-corrected chi connectivity index (χ4v) is 0.890. The predicted molar refractivity (Wildman–Crippen MR) is 39.0 cm³/mol. The van der Waals surface area contributed by atoms with Crippen molar-refractivity contribution in [3.63, 3.8) is 0 Å². The van der Waals surface area contributed by atoms with Crippen molar-refractivity contribution in [1.82, 2.24) is 9.78 Å². The van der Waals surface area contributed by atoms with Crippen LogP contribution in [0.25, 0.3) is 0 Å². The van der Waals surface area contributed by atoms with Gasteiger partial charge in [0.05, 0.1) is 0 Å². The van der Waals surface area contributed by atoms with Gasteiger partial charge in [-0.2, -0.15) is 18.3 Å². The molecule has 0 amide bonds. The van der Waals surface area contributed by atoms with E-state index in [1.54, 1.807) is 6.92 Å². The standard InChI is InChI=1S/C7H9F3N2O/c1-4-3-5(11-12(4)2)6(13)7(8,9)10/h3,6,13H,1-2H3. The van der Waals surface area contributed by atoms with Gasteiger partial charge < -0.3 is 5.11 Å². The van der Waals surface area contributed by atoms with E-state index in [-0.39, 0.29) is 5.69 Å². The molecule has 0 radical (unpaired) electrons. The molecule has 1 aromatic heterocycles. The van der Waals surface area contributed by atoms with Gasteiger partial charge in [-0.15, -0.1) is 0 Å². The highest BCUT2D eigenvalue weighted by Crippen LogP contribution is 2.31. The molecular weight excluding hydrogens is 185 g/mol. The molecule has 13 heavy (non-hydrogen) atoms. The third kappa shape index (κ3) is 2.00. The first-order valence-corrected chi connectivity index (χ1v) is 3.57. The van der Waals surface area contributed by atoms with Crippen LogP contribution < -0.4 is 0 Å². The number of nitrogens with zero attached hydrogens (tertiary/aromatic N) is 2. The van der Waals surface area contributed by atoms with Crippen molar-refractivity contribution < 1.29 is 18.3 Å². The normalized spacial score (nSPS) is 14.6. The molecule has 6 heteroatoms. The summed E-state index contributed by atoms with van der Waals surface area (Å²) < 4.78 is 37.2. The van der Waals surface area contributed by atoms with Gasteiger partial charge in [-0.1, -0.05) is 0 Å². The lowest BCUT2D eigenvalue weighted by Gasteiger charge is -2.11. The van der Waals surface area contributed by atoms with E-state index >= 15 is 0 Å². The van der Waals surface area contributed by atoms with Crippen LogP contribution in [-0.2, 0) is 7.05 Å². The number of hydrogen-bond acceptors (Lipinski definition) is 2. The van der Waals surface area contributed by atoms with Gasteiger partial charge in [-0.3, -0.25) is 4.68 Å². The first-order valence-electron chi connectivity index (χ1n) is 3.57. The molecule has 0 aromatic carbocycles. The predicted octanol–water partition coefficient (Wildman–Crippen LogP) is 1.32. The molecule has 0 bridgehead atoms. The molecule has 0 aliphatic rings. The van der Waals surface area contributed by atoms with E-state index in [9.17, 15) is 13.2 Å². The summed E-state index contributed by atoms with van der Waals surface area (Å²) in [7, 11) is 1.52. The van der Waals surface area contributed by atoms with Crippen molar-refractivity contribution in [2.75, 3.05) is 0 Å². The van der Waals surface area contributed by atoms with Crippen molar-refractivity contribution in [2.24, 2.45) is 7.05 Å². The van der Waals surface area contributed by atoms with Crippen LogP contribution in [0.2, 0.25) is 0 Å². The Balaban J connectivity index is 2.96. The molecule has 74 valence electrons. The number of aliphatic hydroxyl groups is 1. The second-order valence-corrected chi connectivity index (χ2v) is 2.78. The third-order valence-electron chi connectivity index (χ3n) is 1.72. The van der Waals surface area contributed by atoms with E-state index < -0.39 is 12.3 Å². The average molecular weight is 194 g/mol. The Kier molecular flexibility index (Phi) is 2.34. The summed E-state index contributed by atoms with van der Waals surface area (Å²) in [5.74, 6) is 0. The van der Waals surface area contributed by atoms with Gasteiger partial charge in [-0.05, 0) is 13.0 Å². The maximum Gasteiger partial charge on any atom is 0.420 e. The van der Waals surface area contributed by atoms with Crippen molar-refractivity contribution >= 4 is 0 Å². The van der Waals surface area contributed by atoms with Crippen molar-refractivity contribution in [1.29, 1.82) is 0 Å². The number of halogens is 3. The zero-order valence-electron chi connectivity index (χ0n) is 7.13. The number of aromatic nitrogens is 2. The third-order valence-corrected chi connectivity index (χ3v) is 1.72. The van der Waals surface area contributed by atoms with Gasteiger partial charge >= 0.3 is 6.18 Å². The lowest BCUT2D eigenvalue weighted by molar-refractivity contribution is -0.208. The highest BCUT2D eigenvalue weighted by atomic mass is 19.4. The SMILES string of the molecule is Cc1cc(C(O)C(F)(F)F)nn1C. The van der Waals surface area contributed by atoms with Gasteiger partial charge in [-0.25, -0.2) is 0 Å². The van der Waals surface area contributed by atoms with Gasteiger partial charge in [0.1, 0.15) is 5.69 Å². The monoisotopic (exact) mass is 194 g/mol. The fourth-order valence-electron chi connectivity index (χ4n) is 0.890. The molecule has 3 nitrogen and oxygen atoms in total. The molecule has 0 saturated heterocycles. The topological polar surface area (TPSA) is 38.1 Å². The second kappa shape index (κ2) is 3.02. The molecule has 0 fully saturated rings. The van der Waals surface area contributed by atoms with Crippen LogP contribution in [0.3, 0.4) is 0 Å².